The Balaban J connectivity index is 0.000000316. The Morgan fingerprint density at radius 2 is 1.42 bits per heavy atom. The Kier molecular flexibility index (Phi) is 11.8. The van der Waals surface area contributed by atoms with Gasteiger partial charge in [-0.25, -0.2) is 9.59 Å². The van der Waals surface area contributed by atoms with Crippen molar-refractivity contribution in [1.29, 1.82) is 0 Å². The summed E-state index contributed by atoms with van der Waals surface area (Å²) in [5.41, 5.74) is 0.448. The van der Waals surface area contributed by atoms with Gasteiger partial charge in [0.25, 0.3) is 0 Å². The van der Waals surface area contributed by atoms with Crippen LogP contribution in [0.1, 0.15) is 41.5 Å². The van der Waals surface area contributed by atoms with E-state index in [9.17, 15) is 9.59 Å². The number of benzene rings is 2. The highest BCUT2D eigenvalue weighted by Gasteiger charge is 2.17. The number of hydrogen-bond donors (Lipinski definition) is 0. The molecule has 2 aromatic rings. The van der Waals surface area contributed by atoms with Gasteiger partial charge in [-0.15, -0.1) is 23.2 Å². The number of esters is 2. The van der Waals surface area contributed by atoms with Crippen molar-refractivity contribution in [3.63, 3.8) is 0 Å². The summed E-state index contributed by atoms with van der Waals surface area (Å²) in [4.78, 5) is 23.0. The maximum atomic E-state index is 11.7. The van der Waals surface area contributed by atoms with E-state index in [0.717, 1.165) is 0 Å². The van der Waals surface area contributed by atoms with E-state index < -0.39 is 11.6 Å². The third-order valence-electron chi connectivity index (χ3n) is 3.46. The third-order valence-corrected chi connectivity index (χ3v) is 3.77. The fraction of sp³-hybridized carbons (Fsp3) is 0.391. The third kappa shape index (κ3) is 10.4. The zero-order valence-corrected chi connectivity index (χ0v) is 19.7. The maximum Gasteiger partial charge on any atom is 0.341 e. The number of rotatable bonds is 8. The molecule has 0 atom stereocenters. The van der Waals surface area contributed by atoms with Gasteiger partial charge in [0.15, 0.2) is 0 Å². The molecule has 0 aliphatic rings. The van der Waals surface area contributed by atoms with Crippen molar-refractivity contribution in [1.82, 2.24) is 0 Å². The average molecular weight is 471 g/mol. The molecule has 0 aliphatic heterocycles. The molecule has 0 heterocycles. The maximum absolute atomic E-state index is 11.7. The molecule has 0 saturated heterocycles. The van der Waals surface area contributed by atoms with E-state index in [2.05, 4.69) is 4.74 Å². The Labute approximate surface area is 193 Å². The fourth-order valence-electron chi connectivity index (χ4n) is 2.20. The lowest BCUT2D eigenvalue weighted by atomic mass is 10.1. The summed E-state index contributed by atoms with van der Waals surface area (Å²) < 4.78 is 20.4. The van der Waals surface area contributed by atoms with Crippen LogP contribution in [0.25, 0.3) is 0 Å². The van der Waals surface area contributed by atoms with Crippen LogP contribution in [0.15, 0.2) is 48.5 Å². The van der Waals surface area contributed by atoms with Crippen LogP contribution in [0.3, 0.4) is 0 Å². The largest absolute Gasteiger partial charge is 0.492 e. The van der Waals surface area contributed by atoms with E-state index in [1.807, 2.05) is 20.8 Å². The standard InChI is InChI=1S/C13H17ClO3.C10H11ClO3/c1-13(2,3)17-12(15)10-4-6-11(7-5-10)16-9-8-14;1-13-10(12)8-4-2-3-5-9(8)14-7-6-11/h4-7H,8-9H2,1-3H3;2-5H,6-7H2,1H3. The average Bonchev–Trinajstić information content (AvgIpc) is 2.75. The molecule has 0 aliphatic carbocycles. The number of methoxy groups -OCH3 is 1. The summed E-state index contributed by atoms with van der Waals surface area (Å²) in [5, 5.41) is 0. The summed E-state index contributed by atoms with van der Waals surface area (Å²) >= 11 is 11.0. The molecule has 6 nitrogen and oxygen atoms in total. The minimum Gasteiger partial charge on any atom is -0.492 e. The predicted octanol–water partition coefficient (Wildman–Crippen LogP) is 5.35. The van der Waals surface area contributed by atoms with Crippen LogP contribution in [0.2, 0.25) is 0 Å². The SMILES string of the molecule is CC(C)(C)OC(=O)c1ccc(OCCCl)cc1.COC(=O)c1ccccc1OCCCl. The van der Waals surface area contributed by atoms with Gasteiger partial charge in [0, 0.05) is 0 Å². The topological polar surface area (TPSA) is 71.1 Å². The molecule has 31 heavy (non-hydrogen) atoms. The van der Waals surface area contributed by atoms with E-state index in [1.165, 1.54) is 7.11 Å². The van der Waals surface area contributed by atoms with Gasteiger partial charge >= 0.3 is 11.9 Å². The normalized spacial score (nSPS) is 10.4. The van der Waals surface area contributed by atoms with Gasteiger partial charge in [-0.3, -0.25) is 0 Å². The van der Waals surface area contributed by atoms with Crippen molar-refractivity contribution >= 4 is 35.1 Å². The lowest BCUT2D eigenvalue weighted by Gasteiger charge is -2.19. The minimum atomic E-state index is -0.481. The van der Waals surface area contributed by atoms with Crippen LogP contribution < -0.4 is 9.47 Å². The molecule has 0 spiro atoms. The van der Waals surface area contributed by atoms with E-state index in [0.29, 0.717) is 47.6 Å². The molecule has 2 aromatic carbocycles. The van der Waals surface area contributed by atoms with Gasteiger partial charge in [0.1, 0.15) is 35.9 Å². The van der Waals surface area contributed by atoms with Crippen LogP contribution in [-0.4, -0.2) is 49.6 Å². The Hall–Kier alpha value is -2.44. The highest BCUT2D eigenvalue weighted by Crippen LogP contribution is 2.18. The molecular weight excluding hydrogens is 443 g/mol. The Morgan fingerprint density at radius 3 is 1.97 bits per heavy atom. The first-order valence-electron chi connectivity index (χ1n) is 9.60. The molecule has 170 valence electrons. The molecule has 0 unspecified atom stereocenters. The molecule has 0 N–H and O–H groups in total. The zero-order valence-electron chi connectivity index (χ0n) is 18.2. The quantitative estimate of drug-likeness (QED) is 0.382. The van der Waals surface area contributed by atoms with Gasteiger partial charge in [-0.2, -0.15) is 0 Å². The first kappa shape index (κ1) is 26.6. The monoisotopic (exact) mass is 470 g/mol. The second-order valence-corrected chi connectivity index (χ2v) is 7.84. The Bertz CT molecular complexity index is 816. The summed E-state index contributed by atoms with van der Waals surface area (Å²) in [6, 6.07) is 13.7. The van der Waals surface area contributed by atoms with Crippen molar-refractivity contribution in [3.05, 3.63) is 59.7 Å². The lowest BCUT2D eigenvalue weighted by molar-refractivity contribution is 0.00693. The summed E-state index contributed by atoms with van der Waals surface area (Å²) in [6.07, 6.45) is 0. The highest BCUT2D eigenvalue weighted by molar-refractivity contribution is 6.18. The van der Waals surface area contributed by atoms with Crippen LogP contribution in [0, 0.1) is 0 Å². The van der Waals surface area contributed by atoms with Gasteiger partial charge in [-0.05, 0) is 57.2 Å². The van der Waals surface area contributed by atoms with Gasteiger partial charge < -0.3 is 18.9 Å². The molecule has 0 fully saturated rings. The van der Waals surface area contributed by atoms with Crippen molar-refractivity contribution in [3.8, 4) is 11.5 Å². The van der Waals surface area contributed by atoms with Crippen molar-refractivity contribution < 1.29 is 28.5 Å². The number of carbonyl (C=O) groups is 2. The lowest BCUT2D eigenvalue weighted by Crippen LogP contribution is -2.23. The van der Waals surface area contributed by atoms with E-state index in [1.54, 1.807) is 48.5 Å². The summed E-state index contributed by atoms with van der Waals surface area (Å²) in [6.45, 7) is 6.33. The molecular formula is C23H28Cl2O6. The summed E-state index contributed by atoms with van der Waals surface area (Å²) in [7, 11) is 1.33. The molecule has 0 aromatic heterocycles. The highest BCUT2D eigenvalue weighted by atomic mass is 35.5. The Morgan fingerprint density at radius 1 is 0.839 bits per heavy atom. The fourth-order valence-corrected chi connectivity index (χ4v) is 2.35. The zero-order chi connectivity index (χ0) is 23.3. The first-order valence-corrected chi connectivity index (χ1v) is 10.7. The second-order valence-electron chi connectivity index (χ2n) is 7.09. The number of halogens is 2. The molecule has 8 heteroatoms. The molecule has 0 radical (unpaired) electrons. The molecule has 0 saturated carbocycles. The number of para-hydroxylation sites is 1. The number of hydrogen-bond acceptors (Lipinski definition) is 6. The van der Waals surface area contributed by atoms with Crippen LogP contribution in [0.4, 0.5) is 0 Å². The smallest absolute Gasteiger partial charge is 0.341 e. The van der Waals surface area contributed by atoms with Crippen molar-refractivity contribution in [2.45, 2.75) is 26.4 Å². The van der Waals surface area contributed by atoms with E-state index >= 15 is 0 Å². The van der Waals surface area contributed by atoms with Gasteiger partial charge in [-0.1, -0.05) is 12.1 Å². The van der Waals surface area contributed by atoms with Crippen molar-refractivity contribution in [2.24, 2.45) is 0 Å². The van der Waals surface area contributed by atoms with Gasteiger partial charge in [0.05, 0.1) is 24.4 Å². The van der Waals surface area contributed by atoms with Crippen LogP contribution >= 0.6 is 23.2 Å². The van der Waals surface area contributed by atoms with E-state index in [-0.39, 0.29) is 5.97 Å². The molecule has 0 amide bonds. The van der Waals surface area contributed by atoms with E-state index in [4.69, 9.17) is 37.4 Å². The number of carbonyl (C=O) groups excluding carboxylic acids is 2. The first-order chi connectivity index (χ1) is 14.7. The molecule has 0 bridgehead atoms. The number of alkyl halides is 2. The van der Waals surface area contributed by atoms with Crippen molar-refractivity contribution in [2.75, 3.05) is 32.1 Å². The molecule has 2 rings (SSSR count). The second kappa shape index (κ2) is 13.8. The van der Waals surface area contributed by atoms with Gasteiger partial charge in [0.2, 0.25) is 0 Å². The predicted molar refractivity (Wildman–Crippen MR) is 122 cm³/mol. The summed E-state index contributed by atoms with van der Waals surface area (Å²) in [5.74, 6) is 1.28. The minimum absolute atomic E-state index is 0.332. The van der Waals surface area contributed by atoms with Crippen LogP contribution in [0.5, 0.6) is 11.5 Å². The number of ether oxygens (including phenoxy) is 4. The van der Waals surface area contributed by atoms with Crippen LogP contribution in [-0.2, 0) is 9.47 Å².